The highest BCUT2D eigenvalue weighted by Gasteiger charge is 2.34. The summed E-state index contributed by atoms with van der Waals surface area (Å²) in [6.45, 7) is 6.44. The maximum absolute atomic E-state index is 5.21. The highest BCUT2D eigenvalue weighted by atomic mass is 16.5. The summed E-state index contributed by atoms with van der Waals surface area (Å²) in [7, 11) is 1.79. The van der Waals surface area contributed by atoms with Crippen LogP contribution in [0.15, 0.2) is 24.3 Å². The second-order valence-electron chi connectivity index (χ2n) is 5.35. The van der Waals surface area contributed by atoms with Crippen molar-refractivity contribution < 1.29 is 4.74 Å². The van der Waals surface area contributed by atoms with Crippen molar-refractivity contribution in [1.82, 2.24) is 5.32 Å². The van der Waals surface area contributed by atoms with Gasteiger partial charge in [0.15, 0.2) is 0 Å². The molecule has 1 aliphatic rings. The van der Waals surface area contributed by atoms with Crippen molar-refractivity contribution in [3.05, 3.63) is 35.4 Å². The third kappa shape index (κ3) is 2.76. The Bertz CT molecular complexity index is 377. The molecule has 0 bridgehead atoms. The zero-order valence-electron chi connectivity index (χ0n) is 11.8. The number of benzene rings is 1. The van der Waals surface area contributed by atoms with Gasteiger partial charge in [-0.15, -0.1) is 0 Å². The Hall–Kier alpha value is -0.860. The van der Waals surface area contributed by atoms with Gasteiger partial charge in [-0.2, -0.15) is 0 Å². The van der Waals surface area contributed by atoms with Gasteiger partial charge < -0.3 is 10.1 Å². The Kier molecular flexibility index (Phi) is 4.79. The van der Waals surface area contributed by atoms with E-state index >= 15 is 0 Å². The smallest absolute Gasteiger partial charge is 0.0465 e. The molecule has 0 aliphatic heterocycles. The van der Waals surface area contributed by atoms with Crippen molar-refractivity contribution >= 4 is 0 Å². The van der Waals surface area contributed by atoms with Gasteiger partial charge in [-0.25, -0.2) is 0 Å². The summed E-state index contributed by atoms with van der Waals surface area (Å²) >= 11 is 0. The van der Waals surface area contributed by atoms with Crippen molar-refractivity contribution in [1.29, 1.82) is 0 Å². The van der Waals surface area contributed by atoms with Gasteiger partial charge in [0, 0.05) is 25.7 Å². The van der Waals surface area contributed by atoms with E-state index in [1.165, 1.54) is 12.0 Å². The average Bonchev–Trinajstić information content (AvgIpc) is 2.36. The lowest BCUT2D eigenvalue weighted by Crippen LogP contribution is -2.44. The van der Waals surface area contributed by atoms with Crippen molar-refractivity contribution in [2.75, 3.05) is 20.3 Å². The molecule has 3 atom stereocenters. The molecular weight excluding hydrogens is 222 g/mol. The molecule has 18 heavy (non-hydrogen) atoms. The van der Waals surface area contributed by atoms with Crippen LogP contribution in [0.3, 0.4) is 0 Å². The highest BCUT2D eigenvalue weighted by molar-refractivity contribution is 5.41. The molecule has 2 heteroatoms. The Morgan fingerprint density at radius 1 is 1.39 bits per heavy atom. The number of hydrogen-bond donors (Lipinski definition) is 1. The summed E-state index contributed by atoms with van der Waals surface area (Å²) in [4.78, 5) is 0. The Morgan fingerprint density at radius 2 is 2.17 bits per heavy atom. The summed E-state index contributed by atoms with van der Waals surface area (Å²) in [6.07, 6.45) is 2.36. The molecule has 1 aromatic rings. The minimum atomic E-state index is 0.583. The van der Waals surface area contributed by atoms with Crippen molar-refractivity contribution in [3.63, 3.8) is 0 Å². The van der Waals surface area contributed by atoms with Crippen LogP contribution in [0.5, 0.6) is 0 Å². The molecular formula is C16H25NO. The highest BCUT2D eigenvalue weighted by Crippen LogP contribution is 2.39. The molecule has 0 fully saturated rings. The molecule has 100 valence electrons. The summed E-state index contributed by atoms with van der Waals surface area (Å²) in [5, 5.41) is 3.68. The van der Waals surface area contributed by atoms with Crippen LogP contribution in [0.25, 0.3) is 0 Å². The van der Waals surface area contributed by atoms with Crippen LogP contribution in [0, 0.1) is 5.92 Å². The lowest BCUT2D eigenvalue weighted by atomic mass is 9.70. The zero-order chi connectivity index (χ0) is 13.0. The lowest BCUT2D eigenvalue weighted by Gasteiger charge is -2.40. The van der Waals surface area contributed by atoms with Gasteiger partial charge in [-0.05, 0) is 36.4 Å². The average molecular weight is 247 g/mol. The SMILES string of the molecule is CCNC(C(C)CCOC)C1Cc2ccccc21. The number of rotatable bonds is 7. The number of fused-ring (bicyclic) bond motifs is 1. The number of methoxy groups -OCH3 is 1. The molecule has 0 aromatic heterocycles. The molecule has 0 saturated carbocycles. The molecule has 0 spiro atoms. The minimum Gasteiger partial charge on any atom is -0.385 e. The first-order valence-electron chi connectivity index (χ1n) is 7.08. The minimum absolute atomic E-state index is 0.583. The van der Waals surface area contributed by atoms with E-state index in [4.69, 9.17) is 4.74 Å². The predicted molar refractivity (Wildman–Crippen MR) is 76.0 cm³/mol. The third-order valence-corrected chi connectivity index (χ3v) is 4.16. The summed E-state index contributed by atoms with van der Waals surface area (Å²) in [6, 6.07) is 9.44. The summed E-state index contributed by atoms with van der Waals surface area (Å²) in [5.41, 5.74) is 3.08. The van der Waals surface area contributed by atoms with Gasteiger partial charge in [0.1, 0.15) is 0 Å². The van der Waals surface area contributed by atoms with Crippen LogP contribution in [0.4, 0.5) is 0 Å². The normalized spacial score (nSPS) is 20.9. The van der Waals surface area contributed by atoms with Crippen LogP contribution in [0.1, 0.15) is 37.3 Å². The van der Waals surface area contributed by atoms with Crippen LogP contribution >= 0.6 is 0 Å². The molecule has 1 aromatic carbocycles. The van der Waals surface area contributed by atoms with E-state index in [0.29, 0.717) is 17.9 Å². The fourth-order valence-electron chi connectivity index (χ4n) is 3.08. The molecule has 1 aliphatic carbocycles. The Balaban J connectivity index is 2.03. The van der Waals surface area contributed by atoms with E-state index in [2.05, 4.69) is 43.4 Å². The number of likely N-dealkylation sites (N-methyl/N-ethyl adjacent to an activating group) is 1. The second-order valence-corrected chi connectivity index (χ2v) is 5.35. The fourth-order valence-corrected chi connectivity index (χ4v) is 3.08. The maximum Gasteiger partial charge on any atom is 0.0465 e. The van der Waals surface area contributed by atoms with E-state index in [1.807, 2.05) is 0 Å². The first-order valence-corrected chi connectivity index (χ1v) is 7.08. The molecule has 0 amide bonds. The van der Waals surface area contributed by atoms with E-state index in [0.717, 1.165) is 19.6 Å². The number of hydrogen-bond acceptors (Lipinski definition) is 2. The van der Waals surface area contributed by atoms with Crippen LogP contribution in [0.2, 0.25) is 0 Å². The monoisotopic (exact) mass is 247 g/mol. The third-order valence-electron chi connectivity index (χ3n) is 4.16. The molecule has 0 radical (unpaired) electrons. The molecule has 2 rings (SSSR count). The predicted octanol–water partition coefficient (Wildman–Crippen LogP) is 2.98. The topological polar surface area (TPSA) is 21.3 Å². The summed E-state index contributed by atoms with van der Waals surface area (Å²) < 4.78 is 5.21. The van der Waals surface area contributed by atoms with Crippen molar-refractivity contribution in [3.8, 4) is 0 Å². The van der Waals surface area contributed by atoms with Gasteiger partial charge in [-0.3, -0.25) is 0 Å². The maximum atomic E-state index is 5.21. The molecule has 0 heterocycles. The Labute approximate surface area is 111 Å². The fraction of sp³-hybridized carbons (Fsp3) is 0.625. The molecule has 1 N–H and O–H groups in total. The van der Waals surface area contributed by atoms with Crippen molar-refractivity contribution in [2.45, 2.75) is 38.6 Å². The van der Waals surface area contributed by atoms with Crippen LogP contribution in [-0.2, 0) is 11.2 Å². The molecule has 0 saturated heterocycles. The van der Waals surface area contributed by atoms with Gasteiger partial charge in [0.25, 0.3) is 0 Å². The first kappa shape index (κ1) is 13.6. The van der Waals surface area contributed by atoms with E-state index in [9.17, 15) is 0 Å². The van der Waals surface area contributed by atoms with E-state index in [-0.39, 0.29) is 0 Å². The van der Waals surface area contributed by atoms with E-state index in [1.54, 1.807) is 12.7 Å². The van der Waals surface area contributed by atoms with Crippen LogP contribution < -0.4 is 5.32 Å². The van der Waals surface area contributed by atoms with Crippen molar-refractivity contribution in [2.24, 2.45) is 5.92 Å². The lowest BCUT2D eigenvalue weighted by molar-refractivity contribution is 0.163. The largest absolute Gasteiger partial charge is 0.385 e. The van der Waals surface area contributed by atoms with Gasteiger partial charge in [-0.1, -0.05) is 38.1 Å². The molecule has 2 nitrogen and oxygen atoms in total. The molecule has 3 unspecified atom stereocenters. The van der Waals surface area contributed by atoms with Crippen LogP contribution in [-0.4, -0.2) is 26.3 Å². The quantitative estimate of drug-likeness (QED) is 0.800. The number of ether oxygens (including phenoxy) is 1. The number of nitrogens with one attached hydrogen (secondary N) is 1. The zero-order valence-corrected chi connectivity index (χ0v) is 11.8. The standard InChI is InChI=1S/C16H25NO/c1-4-17-16(12(2)9-10-18-3)15-11-13-7-5-6-8-14(13)15/h5-8,12,15-17H,4,9-11H2,1-3H3. The summed E-state index contributed by atoms with van der Waals surface area (Å²) in [5.74, 6) is 1.34. The van der Waals surface area contributed by atoms with Gasteiger partial charge in [0.2, 0.25) is 0 Å². The van der Waals surface area contributed by atoms with Gasteiger partial charge >= 0.3 is 0 Å². The second kappa shape index (κ2) is 6.35. The Morgan fingerprint density at radius 3 is 2.83 bits per heavy atom. The first-order chi connectivity index (χ1) is 8.77. The van der Waals surface area contributed by atoms with E-state index < -0.39 is 0 Å². The van der Waals surface area contributed by atoms with Gasteiger partial charge in [0.05, 0.1) is 0 Å².